The van der Waals surface area contributed by atoms with Gasteiger partial charge in [0.15, 0.2) is 0 Å². The lowest BCUT2D eigenvalue weighted by atomic mass is 9.98. The number of rotatable bonds is 6. The van der Waals surface area contributed by atoms with Gasteiger partial charge in [0.05, 0.1) is 6.04 Å². The van der Waals surface area contributed by atoms with Gasteiger partial charge in [-0.1, -0.05) is 24.3 Å². The van der Waals surface area contributed by atoms with Crippen LogP contribution in [-0.4, -0.2) is 63.8 Å². The maximum absolute atomic E-state index is 13.7. The van der Waals surface area contributed by atoms with E-state index in [0.717, 1.165) is 72.8 Å². The maximum Gasteiger partial charge on any atom is 0.254 e. The van der Waals surface area contributed by atoms with E-state index in [2.05, 4.69) is 34.8 Å². The molecule has 0 bridgehead atoms. The molecule has 2 heterocycles. The first-order valence-corrected chi connectivity index (χ1v) is 14.5. The van der Waals surface area contributed by atoms with Gasteiger partial charge < -0.3 is 14.7 Å². The van der Waals surface area contributed by atoms with E-state index in [-0.39, 0.29) is 29.9 Å². The second-order valence-electron chi connectivity index (χ2n) is 11.6. The number of piperidine rings is 1. The first-order valence-electron chi connectivity index (χ1n) is 14.5. The van der Waals surface area contributed by atoms with Crippen molar-refractivity contribution in [2.75, 3.05) is 25.0 Å². The molecule has 1 aliphatic heterocycles. The first kappa shape index (κ1) is 27.8. The topological polar surface area (TPSA) is 69.6 Å². The smallest absolute Gasteiger partial charge is 0.254 e. The standard InChI is InChI=1S/C33H41N5O2/c1-21(2)38(33(40)28-10-8-7-9-22(28)3)30-14-13-25-11-12-26(20-29(25)30)32(39)36(6)27-15-17-37(18-16-27)31-19-23(4)34-24(5)35-31/h7-12,19-21,27,30H,13-18H2,1-6H3. The Labute approximate surface area is 238 Å². The predicted molar refractivity (Wildman–Crippen MR) is 159 cm³/mol. The van der Waals surface area contributed by atoms with E-state index in [1.807, 2.05) is 80.1 Å². The molecule has 40 heavy (non-hydrogen) atoms. The number of anilines is 1. The molecule has 7 nitrogen and oxygen atoms in total. The number of carbonyl (C=O) groups is 2. The molecule has 2 amide bonds. The average molecular weight is 540 g/mol. The van der Waals surface area contributed by atoms with Gasteiger partial charge in [0, 0.05) is 55.1 Å². The fourth-order valence-corrected chi connectivity index (χ4v) is 6.40. The molecule has 0 spiro atoms. The van der Waals surface area contributed by atoms with Crippen molar-refractivity contribution in [2.24, 2.45) is 0 Å². The van der Waals surface area contributed by atoms with Crippen molar-refractivity contribution < 1.29 is 9.59 Å². The highest BCUT2D eigenvalue weighted by molar-refractivity contribution is 5.97. The Morgan fingerprint density at radius 3 is 2.33 bits per heavy atom. The third kappa shape index (κ3) is 5.47. The molecule has 0 saturated carbocycles. The van der Waals surface area contributed by atoms with Crippen molar-refractivity contribution >= 4 is 17.6 Å². The number of hydrogen-bond acceptors (Lipinski definition) is 5. The van der Waals surface area contributed by atoms with Crippen molar-refractivity contribution in [3.05, 3.63) is 87.9 Å². The Hall–Kier alpha value is -3.74. The molecule has 1 aliphatic carbocycles. The van der Waals surface area contributed by atoms with Crippen LogP contribution in [0.5, 0.6) is 0 Å². The fourth-order valence-electron chi connectivity index (χ4n) is 6.40. The summed E-state index contributed by atoms with van der Waals surface area (Å²) in [5, 5.41) is 0. The van der Waals surface area contributed by atoms with Crippen molar-refractivity contribution in [1.29, 1.82) is 0 Å². The number of aryl methyl sites for hydroxylation is 4. The van der Waals surface area contributed by atoms with Crippen LogP contribution in [0.25, 0.3) is 0 Å². The van der Waals surface area contributed by atoms with Crippen LogP contribution in [0.2, 0.25) is 0 Å². The lowest BCUT2D eigenvalue weighted by molar-refractivity contribution is 0.0605. The third-order valence-electron chi connectivity index (χ3n) is 8.55. The van der Waals surface area contributed by atoms with Gasteiger partial charge in [0.25, 0.3) is 11.8 Å². The second kappa shape index (κ2) is 11.4. The summed E-state index contributed by atoms with van der Waals surface area (Å²) >= 11 is 0. The Balaban J connectivity index is 1.31. The van der Waals surface area contributed by atoms with Gasteiger partial charge in [-0.2, -0.15) is 0 Å². The van der Waals surface area contributed by atoms with Crippen LogP contribution in [0.4, 0.5) is 5.82 Å². The van der Waals surface area contributed by atoms with E-state index in [1.165, 1.54) is 5.56 Å². The minimum Gasteiger partial charge on any atom is -0.356 e. The highest BCUT2D eigenvalue weighted by Crippen LogP contribution is 2.39. The van der Waals surface area contributed by atoms with E-state index in [9.17, 15) is 9.59 Å². The van der Waals surface area contributed by atoms with Crippen LogP contribution in [0.1, 0.15) is 88.1 Å². The largest absolute Gasteiger partial charge is 0.356 e. The van der Waals surface area contributed by atoms with Gasteiger partial charge in [-0.25, -0.2) is 9.97 Å². The maximum atomic E-state index is 13.7. The molecule has 7 heteroatoms. The molecule has 3 aromatic rings. The molecule has 1 saturated heterocycles. The summed E-state index contributed by atoms with van der Waals surface area (Å²) < 4.78 is 0. The minimum absolute atomic E-state index is 0.0387. The Morgan fingerprint density at radius 2 is 1.65 bits per heavy atom. The summed E-state index contributed by atoms with van der Waals surface area (Å²) in [6.07, 6.45) is 3.57. The molecule has 0 N–H and O–H groups in total. The molecule has 0 radical (unpaired) electrons. The van der Waals surface area contributed by atoms with Gasteiger partial charge in [0.1, 0.15) is 11.6 Å². The minimum atomic E-state index is -0.0387. The fraction of sp³-hybridized carbons (Fsp3) is 0.455. The van der Waals surface area contributed by atoms with Crippen LogP contribution >= 0.6 is 0 Å². The van der Waals surface area contributed by atoms with Crippen LogP contribution in [0, 0.1) is 20.8 Å². The molecule has 210 valence electrons. The average Bonchev–Trinajstić information content (AvgIpc) is 3.34. The van der Waals surface area contributed by atoms with E-state index in [4.69, 9.17) is 0 Å². The van der Waals surface area contributed by atoms with Crippen LogP contribution < -0.4 is 4.90 Å². The normalized spacial score (nSPS) is 17.2. The third-order valence-corrected chi connectivity index (χ3v) is 8.55. The lowest BCUT2D eigenvalue weighted by Gasteiger charge is -2.37. The monoisotopic (exact) mass is 539 g/mol. The zero-order chi connectivity index (χ0) is 28.6. The highest BCUT2D eigenvalue weighted by Gasteiger charge is 2.35. The number of carbonyl (C=O) groups excluding carboxylic acids is 2. The number of aromatic nitrogens is 2. The number of hydrogen-bond donors (Lipinski definition) is 0. The molecule has 2 aliphatic rings. The SMILES string of the molecule is Cc1cc(N2CCC(N(C)C(=O)c3ccc4c(c3)C(N(C(=O)c3ccccc3C)C(C)C)CC4)CC2)nc(C)n1. The predicted octanol–water partition coefficient (Wildman–Crippen LogP) is 5.68. The zero-order valence-corrected chi connectivity index (χ0v) is 24.6. The van der Waals surface area contributed by atoms with Gasteiger partial charge in [-0.15, -0.1) is 0 Å². The summed E-state index contributed by atoms with van der Waals surface area (Å²) in [5.74, 6) is 1.86. The van der Waals surface area contributed by atoms with E-state index >= 15 is 0 Å². The van der Waals surface area contributed by atoms with Gasteiger partial charge in [0.2, 0.25) is 0 Å². The molecular weight excluding hydrogens is 498 g/mol. The quantitative estimate of drug-likeness (QED) is 0.403. The summed E-state index contributed by atoms with van der Waals surface area (Å²) in [4.78, 5) is 42.7. The van der Waals surface area contributed by atoms with Gasteiger partial charge in [-0.3, -0.25) is 9.59 Å². The van der Waals surface area contributed by atoms with Crippen LogP contribution in [0.15, 0.2) is 48.5 Å². The lowest BCUT2D eigenvalue weighted by Crippen LogP contribution is -2.46. The Bertz CT molecular complexity index is 1390. The number of benzene rings is 2. The number of amides is 2. The summed E-state index contributed by atoms with van der Waals surface area (Å²) in [6.45, 7) is 11.8. The number of nitrogens with zero attached hydrogens (tertiary/aromatic N) is 5. The first-order chi connectivity index (χ1) is 19.1. The van der Waals surface area contributed by atoms with Gasteiger partial charge in [-0.05, 0) is 95.2 Å². The van der Waals surface area contributed by atoms with E-state index < -0.39 is 0 Å². The van der Waals surface area contributed by atoms with Gasteiger partial charge >= 0.3 is 0 Å². The Kier molecular flexibility index (Phi) is 7.92. The van der Waals surface area contributed by atoms with Crippen molar-refractivity contribution in [3.63, 3.8) is 0 Å². The van der Waals surface area contributed by atoms with Crippen molar-refractivity contribution in [2.45, 2.75) is 78.4 Å². The molecule has 5 rings (SSSR count). The van der Waals surface area contributed by atoms with Crippen molar-refractivity contribution in [1.82, 2.24) is 19.8 Å². The van der Waals surface area contributed by atoms with E-state index in [1.54, 1.807) is 0 Å². The van der Waals surface area contributed by atoms with Crippen molar-refractivity contribution in [3.8, 4) is 0 Å². The number of fused-ring (bicyclic) bond motifs is 1. The molecule has 1 aromatic heterocycles. The molecule has 1 unspecified atom stereocenters. The van der Waals surface area contributed by atoms with E-state index in [0.29, 0.717) is 5.56 Å². The summed E-state index contributed by atoms with van der Waals surface area (Å²) in [5.41, 5.74) is 5.75. The highest BCUT2D eigenvalue weighted by atomic mass is 16.2. The molecular formula is C33H41N5O2. The molecule has 1 atom stereocenters. The second-order valence-corrected chi connectivity index (χ2v) is 11.6. The summed E-state index contributed by atoms with van der Waals surface area (Å²) in [7, 11) is 1.93. The van der Waals surface area contributed by atoms with Crippen LogP contribution in [0.3, 0.4) is 0 Å². The molecule has 1 fully saturated rings. The summed E-state index contributed by atoms with van der Waals surface area (Å²) in [6, 6.07) is 16.1. The molecule has 2 aromatic carbocycles. The Morgan fingerprint density at radius 1 is 0.925 bits per heavy atom. The zero-order valence-electron chi connectivity index (χ0n) is 24.6. The van der Waals surface area contributed by atoms with Crippen LogP contribution in [-0.2, 0) is 6.42 Å².